The molecule has 0 radical (unpaired) electrons. The molecule has 0 saturated heterocycles. The van der Waals surface area contributed by atoms with Crippen LogP contribution in [0.2, 0.25) is 0 Å². The van der Waals surface area contributed by atoms with Crippen LogP contribution >= 0.6 is 11.8 Å². The summed E-state index contributed by atoms with van der Waals surface area (Å²) in [4.78, 5) is 12.1. The normalized spacial score (nSPS) is 11.8. The summed E-state index contributed by atoms with van der Waals surface area (Å²) in [6, 6.07) is 9.41. The van der Waals surface area contributed by atoms with Gasteiger partial charge in [-0.3, -0.25) is 4.98 Å². The molecule has 0 aliphatic heterocycles. The van der Waals surface area contributed by atoms with E-state index in [-0.39, 0.29) is 0 Å². The van der Waals surface area contributed by atoms with Crippen LogP contribution in [0.1, 0.15) is 18.2 Å². The van der Waals surface area contributed by atoms with E-state index in [2.05, 4.69) is 15.0 Å². The number of halogens is 2. The second-order valence-electron chi connectivity index (χ2n) is 5.59. The number of benzene rings is 1. The number of rotatable bonds is 6. The molecular weight excluding hydrogens is 332 g/mol. The van der Waals surface area contributed by atoms with Crippen molar-refractivity contribution in [3.8, 4) is 5.75 Å². The first-order valence-electron chi connectivity index (χ1n) is 7.45. The summed E-state index contributed by atoms with van der Waals surface area (Å²) in [5.74, 6) is -1.85. The maximum absolute atomic E-state index is 13.0. The van der Waals surface area contributed by atoms with E-state index >= 15 is 0 Å². The predicted molar refractivity (Wildman–Crippen MR) is 90.7 cm³/mol. The van der Waals surface area contributed by atoms with Gasteiger partial charge >= 0.3 is 0 Å². The van der Waals surface area contributed by atoms with E-state index in [4.69, 9.17) is 4.74 Å². The van der Waals surface area contributed by atoms with Crippen molar-refractivity contribution >= 4 is 22.8 Å². The Hall–Kier alpha value is -2.15. The van der Waals surface area contributed by atoms with E-state index in [0.717, 1.165) is 34.4 Å². The smallest absolute Gasteiger partial charge is 0.278 e. The quantitative estimate of drug-likeness (QED) is 0.661. The Morgan fingerprint density at radius 2 is 2.04 bits per heavy atom. The molecule has 126 valence electrons. The number of fused-ring (bicyclic) bond motifs is 1. The van der Waals surface area contributed by atoms with Gasteiger partial charge in [-0.05, 0) is 25.1 Å². The number of para-hydroxylation sites is 2. The van der Waals surface area contributed by atoms with Crippen molar-refractivity contribution in [3.63, 3.8) is 0 Å². The van der Waals surface area contributed by atoms with E-state index in [1.54, 1.807) is 12.3 Å². The van der Waals surface area contributed by atoms with Gasteiger partial charge in [0.15, 0.2) is 11.8 Å². The minimum atomic E-state index is -2.86. The number of hydrogen-bond donors (Lipinski definition) is 1. The lowest BCUT2D eigenvalue weighted by Crippen LogP contribution is -2.21. The van der Waals surface area contributed by atoms with Gasteiger partial charge in [0.25, 0.3) is 5.92 Å². The van der Waals surface area contributed by atoms with Gasteiger partial charge in [-0.15, -0.1) is 0 Å². The maximum atomic E-state index is 13.0. The van der Waals surface area contributed by atoms with E-state index in [1.165, 1.54) is 11.8 Å². The third-order valence-electron chi connectivity index (χ3n) is 3.45. The third kappa shape index (κ3) is 4.03. The first-order valence-corrected chi connectivity index (χ1v) is 8.43. The minimum absolute atomic E-state index is 0.437. The average Bonchev–Trinajstić information content (AvgIpc) is 2.95. The summed E-state index contributed by atoms with van der Waals surface area (Å²) >= 11 is 1.51. The number of aromatic nitrogens is 3. The molecule has 0 unspecified atom stereocenters. The van der Waals surface area contributed by atoms with Crippen LogP contribution in [0.25, 0.3) is 11.0 Å². The molecule has 0 fully saturated rings. The zero-order valence-corrected chi connectivity index (χ0v) is 14.2. The molecule has 0 aliphatic rings. The molecule has 0 atom stereocenters. The van der Waals surface area contributed by atoms with Crippen LogP contribution in [0.4, 0.5) is 8.78 Å². The Morgan fingerprint density at radius 1 is 1.25 bits per heavy atom. The number of nitrogens with one attached hydrogen (secondary N) is 1. The summed E-state index contributed by atoms with van der Waals surface area (Å²) in [5, 5.41) is 0.795. The van der Waals surface area contributed by atoms with Crippen molar-refractivity contribution in [1.29, 1.82) is 0 Å². The number of ether oxygens (including phenoxy) is 1. The topological polar surface area (TPSA) is 50.8 Å². The zero-order valence-electron chi connectivity index (χ0n) is 13.3. The lowest BCUT2D eigenvalue weighted by Gasteiger charge is -2.15. The van der Waals surface area contributed by atoms with Crippen LogP contribution in [-0.2, 0) is 5.75 Å². The SMILES string of the molecule is Cc1c(OCC(C)(F)F)ccnc1CSc1nc2ccccc2[nH]1. The molecule has 2 heterocycles. The first-order chi connectivity index (χ1) is 11.4. The Balaban J connectivity index is 1.70. The lowest BCUT2D eigenvalue weighted by molar-refractivity contribution is -0.0231. The molecule has 1 N–H and O–H groups in total. The summed E-state index contributed by atoms with van der Waals surface area (Å²) < 4.78 is 31.1. The van der Waals surface area contributed by atoms with E-state index in [0.29, 0.717) is 11.5 Å². The van der Waals surface area contributed by atoms with Crippen LogP contribution < -0.4 is 4.74 Å². The summed E-state index contributed by atoms with van der Waals surface area (Å²) in [7, 11) is 0. The largest absolute Gasteiger partial charge is 0.487 e. The van der Waals surface area contributed by atoms with Crippen molar-refractivity contribution in [1.82, 2.24) is 15.0 Å². The Kier molecular flexibility index (Phi) is 4.71. The van der Waals surface area contributed by atoms with Gasteiger partial charge in [0, 0.05) is 24.4 Å². The van der Waals surface area contributed by atoms with Crippen LogP contribution in [0.5, 0.6) is 5.75 Å². The molecular formula is C17H17F2N3OS. The van der Waals surface area contributed by atoms with E-state index in [1.807, 2.05) is 31.2 Å². The lowest BCUT2D eigenvalue weighted by atomic mass is 10.2. The number of H-pyrrole nitrogens is 1. The number of imidazole rings is 1. The number of aromatic amines is 1. The summed E-state index contributed by atoms with van der Waals surface area (Å²) in [6.07, 6.45) is 1.57. The van der Waals surface area contributed by atoms with Gasteiger partial charge in [-0.25, -0.2) is 13.8 Å². The van der Waals surface area contributed by atoms with Crippen molar-refractivity contribution in [2.45, 2.75) is 30.7 Å². The fourth-order valence-corrected chi connectivity index (χ4v) is 3.11. The molecule has 0 spiro atoms. The molecule has 4 nitrogen and oxygen atoms in total. The van der Waals surface area contributed by atoms with Gasteiger partial charge in [-0.1, -0.05) is 23.9 Å². The monoisotopic (exact) mass is 349 g/mol. The van der Waals surface area contributed by atoms with Crippen LogP contribution in [-0.4, -0.2) is 27.5 Å². The van der Waals surface area contributed by atoms with Gasteiger partial charge in [0.2, 0.25) is 0 Å². The molecule has 24 heavy (non-hydrogen) atoms. The molecule has 2 aromatic heterocycles. The molecule has 3 rings (SSSR count). The Morgan fingerprint density at radius 3 is 2.79 bits per heavy atom. The van der Waals surface area contributed by atoms with Crippen LogP contribution in [0.3, 0.4) is 0 Å². The average molecular weight is 349 g/mol. The van der Waals surface area contributed by atoms with Gasteiger partial charge in [-0.2, -0.15) is 0 Å². The number of nitrogens with zero attached hydrogens (tertiary/aromatic N) is 2. The molecule has 7 heteroatoms. The number of pyridine rings is 1. The highest BCUT2D eigenvalue weighted by atomic mass is 32.2. The fourth-order valence-electron chi connectivity index (χ4n) is 2.20. The highest BCUT2D eigenvalue weighted by Gasteiger charge is 2.22. The third-order valence-corrected chi connectivity index (χ3v) is 4.34. The Labute approximate surface area is 142 Å². The number of hydrogen-bond acceptors (Lipinski definition) is 4. The molecule has 0 bridgehead atoms. The number of alkyl halides is 2. The standard InChI is InChI=1S/C17H17F2N3OS/c1-11-14(20-8-7-15(11)23-10-17(2,18)19)9-24-16-21-12-5-3-4-6-13(12)22-16/h3-8H,9-10H2,1-2H3,(H,21,22). The van der Waals surface area contributed by atoms with Gasteiger partial charge in [0.05, 0.1) is 16.7 Å². The van der Waals surface area contributed by atoms with E-state index in [9.17, 15) is 8.78 Å². The van der Waals surface area contributed by atoms with Gasteiger partial charge < -0.3 is 9.72 Å². The molecule has 0 amide bonds. The maximum Gasteiger partial charge on any atom is 0.278 e. The zero-order chi connectivity index (χ0) is 17.2. The van der Waals surface area contributed by atoms with Crippen LogP contribution in [0.15, 0.2) is 41.7 Å². The Bertz CT molecular complexity index is 812. The molecule has 0 aliphatic carbocycles. The fraction of sp³-hybridized carbons (Fsp3) is 0.294. The van der Waals surface area contributed by atoms with E-state index < -0.39 is 12.5 Å². The molecule has 3 aromatic rings. The predicted octanol–water partition coefficient (Wildman–Crippen LogP) is 4.59. The molecule has 0 saturated carbocycles. The highest BCUT2D eigenvalue weighted by Crippen LogP contribution is 2.27. The van der Waals surface area contributed by atoms with Crippen LogP contribution in [0, 0.1) is 6.92 Å². The van der Waals surface area contributed by atoms with Gasteiger partial charge in [0.1, 0.15) is 5.75 Å². The molecule has 1 aromatic carbocycles. The second kappa shape index (κ2) is 6.76. The highest BCUT2D eigenvalue weighted by molar-refractivity contribution is 7.98. The summed E-state index contributed by atoms with van der Waals surface area (Å²) in [5.41, 5.74) is 3.45. The first kappa shape index (κ1) is 16.7. The van der Waals surface area contributed by atoms with Crippen molar-refractivity contribution in [3.05, 3.63) is 47.8 Å². The number of thioether (sulfide) groups is 1. The van der Waals surface area contributed by atoms with Crippen molar-refractivity contribution < 1.29 is 13.5 Å². The summed E-state index contributed by atoms with van der Waals surface area (Å²) in [6.45, 7) is 2.01. The minimum Gasteiger partial charge on any atom is -0.487 e. The van der Waals surface area contributed by atoms with Crippen molar-refractivity contribution in [2.24, 2.45) is 0 Å². The van der Waals surface area contributed by atoms with Crippen molar-refractivity contribution in [2.75, 3.05) is 6.61 Å². The second-order valence-corrected chi connectivity index (χ2v) is 6.55.